The van der Waals surface area contributed by atoms with E-state index in [2.05, 4.69) is 50.6 Å². The number of aryl methyl sites for hydroxylation is 2. The summed E-state index contributed by atoms with van der Waals surface area (Å²) in [6.07, 6.45) is -6.85. The number of amides is 1. The number of carbonyl (C=O) groups excluding carboxylic acids is 1. The molecule has 1 aliphatic carbocycles. The fraction of sp³-hybridized carbons (Fsp3) is 0.370. The summed E-state index contributed by atoms with van der Waals surface area (Å²) in [5.41, 5.74) is 5.58. The lowest BCUT2D eigenvalue weighted by Crippen LogP contribution is -2.33. The Labute approximate surface area is 240 Å². The highest BCUT2D eigenvalue weighted by Gasteiger charge is 2.46. The standard InChI is InChI=1S/C23H25N5O.2C2HF3O2/c1-15-11-17(27(2)26-15)12-28-13-20-18-5-3-4-6-19(18)22(21(20)14-28)25-23(29)16-7-9-24-10-8-16;2*3-2(4,5)1(6)7/h3-11,20-22H,12-14H2,1-2H3,(H,25,29);2*(H,6,7)/t20-,21-,22+;;/m0../s1. The molecule has 0 unspecified atom stereocenters. The molecule has 3 aromatic rings. The van der Waals surface area contributed by atoms with Crippen LogP contribution < -0.4 is 5.32 Å². The third-order valence-corrected chi connectivity index (χ3v) is 6.80. The average Bonchev–Trinajstić information content (AvgIpc) is 3.56. The van der Waals surface area contributed by atoms with E-state index in [1.165, 1.54) is 16.8 Å². The lowest BCUT2D eigenvalue weighted by atomic mass is 9.94. The number of halogens is 6. The molecular formula is C27H27F6N5O5. The number of fused-ring (bicyclic) bond motifs is 3. The smallest absolute Gasteiger partial charge is 0.475 e. The van der Waals surface area contributed by atoms with Gasteiger partial charge in [-0.3, -0.25) is 19.4 Å². The number of aromatic nitrogens is 3. The van der Waals surface area contributed by atoms with Gasteiger partial charge in [0.2, 0.25) is 0 Å². The van der Waals surface area contributed by atoms with Crippen molar-refractivity contribution < 1.29 is 50.9 Å². The number of carboxylic acids is 2. The number of aliphatic carboxylic acids is 2. The number of alkyl halides is 6. The van der Waals surface area contributed by atoms with Gasteiger partial charge in [-0.05, 0) is 36.2 Å². The van der Waals surface area contributed by atoms with Crippen molar-refractivity contribution in [2.45, 2.75) is 37.8 Å². The zero-order valence-corrected chi connectivity index (χ0v) is 22.7. The van der Waals surface area contributed by atoms with Gasteiger partial charge in [0.1, 0.15) is 0 Å². The van der Waals surface area contributed by atoms with Gasteiger partial charge in [-0.1, -0.05) is 24.3 Å². The molecule has 1 aromatic carbocycles. The largest absolute Gasteiger partial charge is 0.490 e. The second kappa shape index (κ2) is 13.2. The number of nitrogens with zero attached hydrogens (tertiary/aromatic N) is 4. The quantitative estimate of drug-likeness (QED) is 0.374. The maximum atomic E-state index is 12.9. The van der Waals surface area contributed by atoms with Crippen molar-refractivity contribution in [3.8, 4) is 0 Å². The summed E-state index contributed by atoms with van der Waals surface area (Å²) < 4.78 is 65.4. The van der Waals surface area contributed by atoms with E-state index in [9.17, 15) is 31.1 Å². The summed E-state index contributed by atoms with van der Waals surface area (Å²) in [7, 11) is 2.01. The minimum atomic E-state index is -5.08. The molecule has 232 valence electrons. The van der Waals surface area contributed by atoms with Crippen LogP contribution in [-0.2, 0) is 23.2 Å². The molecule has 5 rings (SSSR count). The number of likely N-dealkylation sites (tertiary alicyclic amines) is 1. The SMILES string of the molecule is Cc1cc(CN2C[C@@H]3[C@H](NC(=O)c4ccncc4)c4ccccc4[C@@H]3C2)n(C)n1.O=C(O)C(F)(F)F.O=C(O)C(F)(F)F. The van der Waals surface area contributed by atoms with Crippen molar-refractivity contribution in [3.05, 3.63) is 82.9 Å². The Kier molecular flexibility index (Phi) is 10.2. The van der Waals surface area contributed by atoms with Crippen LogP contribution in [0.4, 0.5) is 26.3 Å². The number of carbonyl (C=O) groups is 3. The molecule has 0 radical (unpaired) electrons. The molecule has 0 saturated carbocycles. The molecule has 0 bridgehead atoms. The Morgan fingerprint density at radius 3 is 1.95 bits per heavy atom. The minimum absolute atomic E-state index is 0.0337. The number of nitrogens with one attached hydrogen (secondary N) is 1. The number of benzene rings is 1. The normalized spacial score (nSPS) is 19.2. The van der Waals surface area contributed by atoms with Crippen LogP contribution in [0.5, 0.6) is 0 Å². The van der Waals surface area contributed by atoms with Crippen molar-refractivity contribution in [1.82, 2.24) is 25.0 Å². The van der Waals surface area contributed by atoms with E-state index >= 15 is 0 Å². The molecular weight excluding hydrogens is 588 g/mol. The highest BCUT2D eigenvalue weighted by Crippen LogP contribution is 2.49. The molecule has 2 aromatic heterocycles. The Bertz CT molecular complexity index is 1420. The number of rotatable bonds is 4. The molecule has 16 heteroatoms. The molecule has 1 saturated heterocycles. The first kappa shape index (κ1) is 33.0. The molecule has 0 spiro atoms. The Morgan fingerprint density at radius 1 is 0.930 bits per heavy atom. The fourth-order valence-electron chi connectivity index (χ4n) is 5.03. The number of hydrogen-bond acceptors (Lipinski definition) is 6. The van der Waals surface area contributed by atoms with Crippen LogP contribution in [0, 0.1) is 12.8 Å². The van der Waals surface area contributed by atoms with Crippen LogP contribution in [-0.4, -0.2) is 73.2 Å². The van der Waals surface area contributed by atoms with Gasteiger partial charge >= 0.3 is 24.3 Å². The average molecular weight is 616 g/mol. The molecule has 1 amide bonds. The summed E-state index contributed by atoms with van der Waals surface area (Å²) in [6.45, 7) is 4.89. The third-order valence-electron chi connectivity index (χ3n) is 6.80. The van der Waals surface area contributed by atoms with Crippen LogP contribution in [0.2, 0.25) is 0 Å². The van der Waals surface area contributed by atoms with E-state index in [4.69, 9.17) is 19.8 Å². The van der Waals surface area contributed by atoms with Crippen LogP contribution in [0.15, 0.2) is 54.9 Å². The second-order valence-electron chi connectivity index (χ2n) is 9.79. The molecule has 3 N–H and O–H groups in total. The van der Waals surface area contributed by atoms with Gasteiger partial charge < -0.3 is 15.5 Å². The molecule has 2 aliphatic rings. The summed E-state index contributed by atoms with van der Waals surface area (Å²) in [5.74, 6) is -4.72. The summed E-state index contributed by atoms with van der Waals surface area (Å²) >= 11 is 0. The number of pyridine rings is 1. The molecule has 3 heterocycles. The second-order valence-corrected chi connectivity index (χ2v) is 9.79. The van der Waals surface area contributed by atoms with Crippen molar-refractivity contribution in [3.63, 3.8) is 0 Å². The summed E-state index contributed by atoms with van der Waals surface area (Å²) in [4.78, 5) is 37.2. The van der Waals surface area contributed by atoms with E-state index in [1.54, 1.807) is 24.5 Å². The van der Waals surface area contributed by atoms with Crippen LogP contribution in [0.1, 0.15) is 44.8 Å². The van der Waals surface area contributed by atoms with Gasteiger partial charge in [0.05, 0.1) is 17.4 Å². The molecule has 10 nitrogen and oxygen atoms in total. The zero-order chi connectivity index (χ0) is 32.1. The molecule has 43 heavy (non-hydrogen) atoms. The van der Waals surface area contributed by atoms with E-state index < -0.39 is 24.3 Å². The first-order valence-corrected chi connectivity index (χ1v) is 12.6. The molecule has 1 aliphatic heterocycles. The van der Waals surface area contributed by atoms with Gasteiger partial charge in [-0.25, -0.2) is 9.59 Å². The van der Waals surface area contributed by atoms with E-state index in [0.29, 0.717) is 17.4 Å². The van der Waals surface area contributed by atoms with Crippen molar-refractivity contribution >= 4 is 17.8 Å². The van der Waals surface area contributed by atoms with Crippen LogP contribution in [0.3, 0.4) is 0 Å². The maximum absolute atomic E-state index is 12.9. The van der Waals surface area contributed by atoms with E-state index in [1.807, 2.05) is 18.7 Å². The Hall–Kier alpha value is -4.47. The predicted molar refractivity (Wildman–Crippen MR) is 138 cm³/mol. The summed E-state index contributed by atoms with van der Waals surface area (Å²) in [5, 5.41) is 22.0. The van der Waals surface area contributed by atoms with Crippen molar-refractivity contribution in [1.29, 1.82) is 0 Å². The van der Waals surface area contributed by atoms with Gasteiger partial charge in [0.25, 0.3) is 5.91 Å². The minimum Gasteiger partial charge on any atom is -0.475 e. The zero-order valence-electron chi connectivity index (χ0n) is 22.7. The molecule has 3 atom stereocenters. The van der Waals surface area contributed by atoms with Gasteiger partial charge in [-0.15, -0.1) is 0 Å². The Balaban J connectivity index is 0.000000303. The third kappa shape index (κ3) is 8.53. The Morgan fingerprint density at radius 2 is 1.47 bits per heavy atom. The molecule has 1 fully saturated rings. The van der Waals surface area contributed by atoms with Crippen molar-refractivity contribution in [2.24, 2.45) is 13.0 Å². The first-order chi connectivity index (χ1) is 20.0. The number of hydrogen-bond donors (Lipinski definition) is 3. The topological polar surface area (TPSA) is 138 Å². The van der Waals surface area contributed by atoms with E-state index in [0.717, 1.165) is 25.3 Å². The highest BCUT2D eigenvalue weighted by molar-refractivity contribution is 5.94. The van der Waals surface area contributed by atoms with Crippen molar-refractivity contribution in [2.75, 3.05) is 13.1 Å². The van der Waals surface area contributed by atoms with Gasteiger partial charge in [-0.2, -0.15) is 31.4 Å². The summed E-state index contributed by atoms with van der Waals surface area (Å²) in [6, 6.07) is 14.3. The van der Waals surface area contributed by atoms with Crippen LogP contribution in [0.25, 0.3) is 0 Å². The van der Waals surface area contributed by atoms with Crippen LogP contribution >= 0.6 is 0 Å². The fourth-order valence-corrected chi connectivity index (χ4v) is 5.03. The monoisotopic (exact) mass is 615 g/mol. The number of carboxylic acid groups (broad SMARTS) is 2. The van der Waals surface area contributed by atoms with Gasteiger partial charge in [0, 0.05) is 56.5 Å². The highest BCUT2D eigenvalue weighted by atomic mass is 19.4. The predicted octanol–water partition coefficient (Wildman–Crippen LogP) is 4.09. The van der Waals surface area contributed by atoms with Gasteiger partial charge in [0.15, 0.2) is 0 Å². The first-order valence-electron chi connectivity index (χ1n) is 12.6. The lowest BCUT2D eigenvalue weighted by molar-refractivity contribution is -0.193. The maximum Gasteiger partial charge on any atom is 0.490 e. The van der Waals surface area contributed by atoms with E-state index in [-0.39, 0.29) is 11.9 Å². The lowest BCUT2D eigenvalue weighted by Gasteiger charge is -2.23.